The molecule has 40 heavy (non-hydrogen) atoms. The average Bonchev–Trinajstić information content (AvgIpc) is 3.48. The highest BCUT2D eigenvalue weighted by molar-refractivity contribution is 8.02. The van der Waals surface area contributed by atoms with E-state index < -0.39 is 27.4 Å². The molecule has 1 saturated heterocycles. The molecule has 0 spiro atoms. The van der Waals surface area contributed by atoms with Crippen LogP contribution in [0.3, 0.4) is 0 Å². The molecular weight excluding hydrogens is 544 g/mol. The number of esters is 1. The van der Waals surface area contributed by atoms with Crippen LogP contribution in [0.25, 0.3) is 11.1 Å². The average molecular weight is 581 g/mol. The minimum atomic E-state index is -3.87. The molecule has 1 aliphatic rings. The fourth-order valence-corrected chi connectivity index (χ4v) is 7.83. The largest absolute Gasteiger partial charge is 0.465 e. The number of sulfonamides is 1. The molecule has 0 bridgehead atoms. The summed E-state index contributed by atoms with van der Waals surface area (Å²) in [6, 6.07) is 25.4. The van der Waals surface area contributed by atoms with Crippen LogP contribution in [0.15, 0.2) is 89.8 Å². The summed E-state index contributed by atoms with van der Waals surface area (Å²) in [7, 11) is -3.87. The molecule has 1 fully saturated rings. The quantitative estimate of drug-likeness (QED) is 0.298. The first-order chi connectivity index (χ1) is 19.2. The molecular formula is C31H36N2O5S2. The molecule has 1 heterocycles. The van der Waals surface area contributed by atoms with Crippen molar-refractivity contribution in [3.63, 3.8) is 0 Å². The van der Waals surface area contributed by atoms with Crippen molar-refractivity contribution < 1.29 is 22.7 Å². The second-order valence-electron chi connectivity index (χ2n) is 10.2. The summed E-state index contributed by atoms with van der Waals surface area (Å²) < 4.78 is 34.0. The first kappa shape index (κ1) is 30.0. The van der Waals surface area contributed by atoms with Gasteiger partial charge in [-0.05, 0) is 47.1 Å². The molecule has 0 radical (unpaired) electrons. The summed E-state index contributed by atoms with van der Waals surface area (Å²) in [5.74, 6) is -0.354. The molecule has 3 aromatic rings. The lowest BCUT2D eigenvalue weighted by atomic mass is 9.91. The van der Waals surface area contributed by atoms with Crippen LogP contribution in [0.1, 0.15) is 38.2 Å². The SMILES string of the molecule is CC(C)[C@H](N)C(=O)OCC[C@H](CC(=O)[C@@H]1SCCN1S(=O)(=O)c1ccc(-c2ccccc2)cc1)c1ccccc1. The third kappa shape index (κ3) is 7.20. The predicted molar refractivity (Wildman–Crippen MR) is 159 cm³/mol. The van der Waals surface area contributed by atoms with E-state index in [1.165, 1.54) is 16.1 Å². The number of ketones is 1. The number of carbonyl (C=O) groups is 2. The van der Waals surface area contributed by atoms with Crippen molar-refractivity contribution >= 4 is 33.5 Å². The highest BCUT2D eigenvalue weighted by atomic mass is 32.2. The summed E-state index contributed by atoms with van der Waals surface area (Å²) in [5.41, 5.74) is 8.76. The molecule has 1 aliphatic heterocycles. The number of carbonyl (C=O) groups excluding carboxylic acids is 2. The van der Waals surface area contributed by atoms with E-state index in [9.17, 15) is 18.0 Å². The zero-order chi connectivity index (χ0) is 28.7. The molecule has 7 nitrogen and oxygen atoms in total. The highest BCUT2D eigenvalue weighted by Crippen LogP contribution is 2.34. The van der Waals surface area contributed by atoms with E-state index in [2.05, 4.69) is 0 Å². The van der Waals surface area contributed by atoms with Crippen molar-refractivity contribution in [2.75, 3.05) is 18.9 Å². The summed E-state index contributed by atoms with van der Waals surface area (Å²) in [5, 5.41) is -0.804. The van der Waals surface area contributed by atoms with Crippen LogP contribution in [-0.4, -0.2) is 54.8 Å². The molecule has 0 unspecified atom stereocenters. The van der Waals surface area contributed by atoms with Crippen LogP contribution in [-0.2, 0) is 24.3 Å². The molecule has 3 atom stereocenters. The van der Waals surface area contributed by atoms with E-state index in [1.807, 2.05) is 74.5 Å². The van der Waals surface area contributed by atoms with Crippen molar-refractivity contribution in [1.82, 2.24) is 4.31 Å². The number of nitrogens with zero attached hydrogens (tertiary/aromatic N) is 1. The van der Waals surface area contributed by atoms with Gasteiger partial charge in [-0.2, -0.15) is 4.31 Å². The van der Waals surface area contributed by atoms with Crippen LogP contribution in [0.5, 0.6) is 0 Å². The van der Waals surface area contributed by atoms with Crippen LogP contribution >= 0.6 is 11.8 Å². The fraction of sp³-hybridized carbons (Fsp3) is 0.355. The third-order valence-electron chi connectivity index (χ3n) is 7.11. The van der Waals surface area contributed by atoms with Gasteiger partial charge in [-0.3, -0.25) is 9.59 Å². The maximum atomic E-state index is 13.6. The lowest BCUT2D eigenvalue weighted by molar-refractivity contribution is -0.146. The van der Waals surface area contributed by atoms with Gasteiger partial charge < -0.3 is 10.5 Å². The maximum Gasteiger partial charge on any atom is 0.323 e. The van der Waals surface area contributed by atoms with E-state index in [1.54, 1.807) is 24.3 Å². The van der Waals surface area contributed by atoms with Crippen LogP contribution in [0.2, 0.25) is 0 Å². The molecule has 4 rings (SSSR count). The summed E-state index contributed by atoms with van der Waals surface area (Å²) in [6.45, 7) is 4.10. The number of benzene rings is 3. The molecule has 2 N–H and O–H groups in total. The van der Waals surface area contributed by atoms with Gasteiger partial charge in [0.25, 0.3) is 0 Å². The number of ether oxygens (including phenoxy) is 1. The smallest absolute Gasteiger partial charge is 0.323 e. The second kappa shape index (κ2) is 13.6. The van der Waals surface area contributed by atoms with Crippen LogP contribution < -0.4 is 5.73 Å². The van der Waals surface area contributed by atoms with Crippen LogP contribution in [0.4, 0.5) is 0 Å². The first-order valence-electron chi connectivity index (χ1n) is 13.5. The topological polar surface area (TPSA) is 107 Å². The number of hydrogen-bond donors (Lipinski definition) is 1. The number of rotatable bonds is 12. The Labute approximate surface area is 241 Å². The Balaban J connectivity index is 1.46. The van der Waals surface area contributed by atoms with Gasteiger partial charge in [0.05, 0.1) is 11.5 Å². The van der Waals surface area contributed by atoms with Crippen molar-refractivity contribution in [3.8, 4) is 11.1 Å². The lowest BCUT2D eigenvalue weighted by Gasteiger charge is -2.25. The monoisotopic (exact) mass is 580 g/mol. The zero-order valence-electron chi connectivity index (χ0n) is 22.8. The van der Waals surface area contributed by atoms with Gasteiger partial charge in [0.15, 0.2) is 5.78 Å². The van der Waals surface area contributed by atoms with E-state index in [0.29, 0.717) is 12.2 Å². The summed E-state index contributed by atoms with van der Waals surface area (Å²) in [6.07, 6.45) is 0.561. The third-order valence-corrected chi connectivity index (χ3v) is 10.4. The normalized spacial score (nSPS) is 17.4. The minimum absolute atomic E-state index is 0.0409. The van der Waals surface area contributed by atoms with E-state index in [4.69, 9.17) is 10.5 Å². The van der Waals surface area contributed by atoms with Gasteiger partial charge in [-0.25, -0.2) is 8.42 Å². The van der Waals surface area contributed by atoms with Gasteiger partial charge in [0.1, 0.15) is 11.4 Å². The molecule has 0 aromatic heterocycles. The van der Waals surface area contributed by atoms with Gasteiger partial charge in [-0.15, -0.1) is 11.8 Å². The second-order valence-corrected chi connectivity index (χ2v) is 13.3. The Bertz CT molecular complexity index is 1380. The van der Waals surface area contributed by atoms with E-state index in [0.717, 1.165) is 16.7 Å². The Morgan fingerprint density at radius 1 is 0.950 bits per heavy atom. The standard InChI is InChI=1S/C31H36N2O5S2/c1-22(2)29(32)31(35)38-19-17-26(24-11-7-4-8-12-24)21-28(34)30-33(18-20-39-30)40(36,37)27-15-13-25(14-16-27)23-9-5-3-6-10-23/h3-16,22,26,29-30H,17-21,32H2,1-2H3/t26-,29+,30+/m1/s1. The molecule has 0 amide bonds. The fourth-order valence-electron chi connectivity index (χ4n) is 4.67. The molecule has 3 aromatic carbocycles. The van der Waals surface area contributed by atoms with Gasteiger partial charge in [0, 0.05) is 18.7 Å². The number of thioether (sulfide) groups is 1. The summed E-state index contributed by atoms with van der Waals surface area (Å²) in [4.78, 5) is 26.0. The number of nitrogens with two attached hydrogens (primary N) is 1. The predicted octanol–water partition coefficient (Wildman–Crippen LogP) is 5.08. The van der Waals surface area contributed by atoms with Crippen molar-refractivity contribution in [2.45, 2.75) is 48.9 Å². The Kier molecular flexibility index (Phi) is 10.2. The Morgan fingerprint density at radius 2 is 1.55 bits per heavy atom. The van der Waals surface area contributed by atoms with E-state index in [-0.39, 0.29) is 42.1 Å². The number of hydrogen-bond acceptors (Lipinski definition) is 7. The Hall–Kier alpha value is -2.98. The summed E-state index contributed by atoms with van der Waals surface area (Å²) >= 11 is 1.35. The molecule has 9 heteroatoms. The van der Waals surface area contributed by atoms with Gasteiger partial charge in [-0.1, -0.05) is 86.6 Å². The lowest BCUT2D eigenvalue weighted by Crippen LogP contribution is -2.40. The first-order valence-corrected chi connectivity index (χ1v) is 16.0. The van der Waals surface area contributed by atoms with Crippen molar-refractivity contribution in [3.05, 3.63) is 90.5 Å². The van der Waals surface area contributed by atoms with E-state index >= 15 is 0 Å². The van der Waals surface area contributed by atoms with Crippen LogP contribution in [0, 0.1) is 5.92 Å². The molecule has 0 saturated carbocycles. The van der Waals surface area contributed by atoms with Gasteiger partial charge >= 0.3 is 5.97 Å². The highest BCUT2D eigenvalue weighted by Gasteiger charge is 2.40. The van der Waals surface area contributed by atoms with Crippen molar-refractivity contribution in [2.24, 2.45) is 11.7 Å². The maximum absolute atomic E-state index is 13.6. The van der Waals surface area contributed by atoms with Gasteiger partial charge in [0.2, 0.25) is 10.0 Å². The molecule has 212 valence electrons. The Morgan fingerprint density at radius 3 is 2.17 bits per heavy atom. The van der Waals surface area contributed by atoms with Crippen molar-refractivity contribution in [1.29, 1.82) is 0 Å². The molecule has 0 aliphatic carbocycles. The number of Topliss-reactive ketones (excluding diaryl/α,β-unsaturated/α-hetero) is 1. The minimum Gasteiger partial charge on any atom is -0.465 e. The zero-order valence-corrected chi connectivity index (χ0v) is 24.4.